The van der Waals surface area contributed by atoms with Crippen LogP contribution in [0.4, 0.5) is 11.4 Å². The van der Waals surface area contributed by atoms with Crippen LogP contribution < -0.4 is 19.7 Å². The van der Waals surface area contributed by atoms with E-state index in [9.17, 15) is 0 Å². The number of rotatable bonds is 17. The maximum absolute atomic E-state index is 6.48. The zero-order chi connectivity index (χ0) is 31.1. The fourth-order valence-electron chi connectivity index (χ4n) is 5.39. The summed E-state index contributed by atoms with van der Waals surface area (Å²) in [5, 5.41) is 3.51. The van der Waals surface area contributed by atoms with Crippen molar-refractivity contribution < 1.29 is 9.47 Å². The number of pyridine rings is 1. The minimum absolute atomic E-state index is 0.420. The molecule has 0 atom stereocenters. The van der Waals surface area contributed by atoms with E-state index in [2.05, 4.69) is 86.4 Å². The van der Waals surface area contributed by atoms with Gasteiger partial charge in [0.05, 0.1) is 0 Å². The fraction of sp³-hybridized carbons (Fsp3) is 0.359. The smallest absolute Gasteiger partial charge is 0.225 e. The lowest BCUT2D eigenvalue weighted by Crippen LogP contribution is -2.25. The van der Waals surface area contributed by atoms with Crippen LogP contribution in [0, 0.1) is 0 Å². The largest absolute Gasteiger partial charge is 0.473 e. The minimum Gasteiger partial charge on any atom is -0.473 e. The summed E-state index contributed by atoms with van der Waals surface area (Å²) in [6.45, 7) is 11.9. The van der Waals surface area contributed by atoms with Gasteiger partial charge in [-0.15, -0.1) is 0 Å². The Morgan fingerprint density at radius 3 is 2.00 bits per heavy atom. The summed E-state index contributed by atoms with van der Waals surface area (Å²) in [6.07, 6.45) is 5.71. The number of aromatic nitrogens is 1. The second kappa shape index (κ2) is 17.1. The first-order chi connectivity index (χ1) is 21.6. The number of hydrogen-bond acceptors (Lipinski definition) is 5. The van der Waals surface area contributed by atoms with E-state index >= 15 is 0 Å². The molecule has 3 aromatic carbocycles. The van der Waals surface area contributed by atoms with Gasteiger partial charge in [-0.25, -0.2) is 0 Å². The van der Waals surface area contributed by atoms with E-state index in [4.69, 9.17) is 14.5 Å². The van der Waals surface area contributed by atoms with Gasteiger partial charge in [-0.1, -0.05) is 106 Å². The number of anilines is 2. The maximum Gasteiger partial charge on any atom is 0.225 e. The predicted octanol–water partition coefficient (Wildman–Crippen LogP) is 9.92. The summed E-state index contributed by atoms with van der Waals surface area (Å²) in [5.74, 6) is 1.11. The summed E-state index contributed by atoms with van der Waals surface area (Å²) in [6, 6.07) is 31.3. The van der Waals surface area contributed by atoms with Crippen LogP contribution in [-0.4, -0.2) is 25.1 Å². The van der Waals surface area contributed by atoms with Crippen LogP contribution >= 0.6 is 0 Å². The molecule has 5 heteroatoms. The van der Waals surface area contributed by atoms with Crippen LogP contribution in [0.1, 0.15) is 82.1 Å². The summed E-state index contributed by atoms with van der Waals surface area (Å²) < 4.78 is 12.6. The predicted molar refractivity (Wildman–Crippen MR) is 186 cm³/mol. The van der Waals surface area contributed by atoms with Crippen molar-refractivity contribution in [1.82, 2.24) is 4.98 Å². The van der Waals surface area contributed by atoms with E-state index in [0.29, 0.717) is 25.0 Å². The lowest BCUT2D eigenvalue weighted by molar-refractivity contribution is 0.267. The van der Waals surface area contributed by atoms with Crippen LogP contribution in [0.25, 0.3) is 5.57 Å². The van der Waals surface area contributed by atoms with Gasteiger partial charge >= 0.3 is 0 Å². The molecule has 0 aliphatic carbocycles. The van der Waals surface area contributed by atoms with Gasteiger partial charge in [-0.05, 0) is 61.1 Å². The highest BCUT2D eigenvalue weighted by Gasteiger charge is 2.20. The maximum atomic E-state index is 6.48. The molecular weight excluding hydrogens is 542 g/mol. The van der Waals surface area contributed by atoms with E-state index in [-0.39, 0.29) is 0 Å². The molecule has 0 unspecified atom stereocenters. The molecule has 1 N–H and O–H groups in total. The average Bonchev–Trinajstić information content (AvgIpc) is 3.07. The fourth-order valence-corrected chi connectivity index (χ4v) is 5.39. The lowest BCUT2D eigenvalue weighted by atomic mass is 9.91. The summed E-state index contributed by atoms with van der Waals surface area (Å²) in [7, 11) is 2.01. The van der Waals surface area contributed by atoms with Crippen molar-refractivity contribution in [2.24, 2.45) is 0 Å². The summed E-state index contributed by atoms with van der Waals surface area (Å²) >= 11 is 0. The Bertz CT molecular complexity index is 1470. The Morgan fingerprint density at radius 2 is 1.39 bits per heavy atom. The SMILES string of the molecule is CCCCCN(CCC)c1ccc(C(=C(C)CC)c2ccc(OCc3ccccc3)nc2OCc2ccccc2)c(NC)c1. The first-order valence-electron chi connectivity index (χ1n) is 16.2. The molecule has 1 aromatic heterocycles. The second-order valence-corrected chi connectivity index (χ2v) is 11.2. The van der Waals surface area contributed by atoms with Crippen molar-refractivity contribution in [1.29, 1.82) is 0 Å². The van der Waals surface area contributed by atoms with E-state index in [1.807, 2.05) is 49.5 Å². The van der Waals surface area contributed by atoms with Gasteiger partial charge in [-0.3, -0.25) is 0 Å². The zero-order valence-corrected chi connectivity index (χ0v) is 27.2. The molecule has 0 saturated carbocycles. The van der Waals surface area contributed by atoms with E-state index < -0.39 is 0 Å². The second-order valence-electron chi connectivity index (χ2n) is 11.2. The van der Waals surface area contributed by atoms with Crippen molar-refractivity contribution in [3.05, 3.63) is 119 Å². The van der Waals surface area contributed by atoms with Crippen LogP contribution in [-0.2, 0) is 13.2 Å². The van der Waals surface area contributed by atoms with Gasteiger partial charge in [-0.2, -0.15) is 4.98 Å². The highest BCUT2D eigenvalue weighted by atomic mass is 16.5. The zero-order valence-electron chi connectivity index (χ0n) is 27.2. The van der Waals surface area contributed by atoms with Crippen LogP contribution in [0.2, 0.25) is 0 Å². The molecule has 0 fully saturated rings. The van der Waals surface area contributed by atoms with Crippen molar-refractivity contribution in [2.45, 2.75) is 73.0 Å². The number of nitrogens with zero attached hydrogens (tertiary/aromatic N) is 2. The molecule has 1 heterocycles. The van der Waals surface area contributed by atoms with Crippen LogP contribution in [0.15, 0.2) is 96.6 Å². The third kappa shape index (κ3) is 8.89. The minimum atomic E-state index is 0.420. The Labute approximate surface area is 265 Å². The monoisotopic (exact) mass is 591 g/mol. The Hall–Kier alpha value is -4.25. The first kappa shape index (κ1) is 32.7. The molecule has 0 saturated heterocycles. The topological polar surface area (TPSA) is 46.6 Å². The molecule has 44 heavy (non-hydrogen) atoms. The number of benzene rings is 3. The molecule has 0 amide bonds. The number of hydrogen-bond donors (Lipinski definition) is 1. The van der Waals surface area contributed by atoms with Crippen molar-refractivity contribution in [3.8, 4) is 11.8 Å². The van der Waals surface area contributed by atoms with E-state index in [0.717, 1.165) is 59.4 Å². The van der Waals surface area contributed by atoms with Gasteiger partial charge < -0.3 is 19.7 Å². The van der Waals surface area contributed by atoms with Gasteiger partial charge in [0.1, 0.15) is 13.2 Å². The Kier molecular flexibility index (Phi) is 12.7. The average molecular weight is 592 g/mol. The first-order valence-corrected chi connectivity index (χ1v) is 16.2. The van der Waals surface area contributed by atoms with Gasteiger partial charge in [0.2, 0.25) is 11.8 Å². The molecule has 0 bridgehead atoms. The third-order valence-electron chi connectivity index (χ3n) is 7.94. The standard InChI is InChI=1S/C39H49N3O2/c1-6-9-16-26-42(25-7-2)33-21-22-34(36(27-33)40-5)38(30(4)8-3)35-23-24-37(43-28-31-17-12-10-13-18-31)41-39(35)44-29-32-19-14-11-15-20-32/h10-15,17-24,27,40H,6-9,16,25-26,28-29H2,1-5H3. The van der Waals surface area contributed by atoms with Crippen molar-refractivity contribution >= 4 is 16.9 Å². The molecular formula is C39H49N3O2. The van der Waals surface area contributed by atoms with Crippen molar-refractivity contribution in [2.75, 3.05) is 30.4 Å². The molecule has 0 radical (unpaired) electrons. The molecule has 232 valence electrons. The molecule has 0 spiro atoms. The summed E-state index contributed by atoms with van der Waals surface area (Å²) in [4.78, 5) is 7.45. The highest BCUT2D eigenvalue weighted by Crippen LogP contribution is 2.39. The van der Waals surface area contributed by atoms with Crippen LogP contribution in [0.3, 0.4) is 0 Å². The quantitative estimate of drug-likeness (QED) is 0.124. The molecule has 5 nitrogen and oxygen atoms in total. The number of ether oxygens (including phenoxy) is 2. The highest BCUT2D eigenvalue weighted by molar-refractivity contribution is 5.90. The number of unbranched alkanes of at least 4 members (excludes halogenated alkanes) is 2. The van der Waals surface area contributed by atoms with Crippen LogP contribution in [0.5, 0.6) is 11.8 Å². The third-order valence-corrected chi connectivity index (χ3v) is 7.94. The molecule has 4 aromatic rings. The number of allylic oxidation sites excluding steroid dienone is 1. The van der Waals surface area contributed by atoms with Gasteiger partial charge in [0.15, 0.2) is 0 Å². The summed E-state index contributed by atoms with van der Waals surface area (Å²) in [5.41, 5.74) is 9.06. The number of nitrogens with one attached hydrogen (secondary N) is 1. The lowest BCUT2D eigenvalue weighted by Gasteiger charge is -2.26. The van der Waals surface area contributed by atoms with E-state index in [1.54, 1.807) is 0 Å². The van der Waals surface area contributed by atoms with Gasteiger partial charge in [0.25, 0.3) is 0 Å². The molecule has 4 rings (SSSR count). The molecule has 0 aliphatic rings. The Morgan fingerprint density at radius 1 is 0.727 bits per heavy atom. The van der Waals surface area contributed by atoms with Gasteiger partial charge in [0, 0.05) is 48.7 Å². The van der Waals surface area contributed by atoms with E-state index in [1.165, 1.54) is 30.5 Å². The normalized spacial score (nSPS) is 11.6. The Balaban J connectivity index is 1.73. The van der Waals surface area contributed by atoms with Crippen molar-refractivity contribution in [3.63, 3.8) is 0 Å². The molecule has 0 aliphatic heterocycles.